The first kappa shape index (κ1) is 58.4. The molecule has 0 spiro atoms. The molecule has 2 atom stereocenters. The zero-order valence-electron chi connectivity index (χ0n) is 44.2. The molecular weight excluding hydrogens is 941 g/mol. The Morgan fingerprint density at radius 2 is 0.726 bits per heavy atom. The maximum atomic E-state index is 13.8. The Hall–Kier alpha value is -7.14. The largest absolute Gasteiger partial charge is 0.491 e. The first-order valence-electron chi connectivity index (χ1n) is 24.1. The summed E-state index contributed by atoms with van der Waals surface area (Å²) in [5.41, 5.74) is -1.53. The second-order valence-electron chi connectivity index (χ2n) is 20.9. The van der Waals surface area contributed by atoms with Crippen LogP contribution in [0.1, 0.15) is 128 Å². The van der Waals surface area contributed by atoms with Crippen molar-refractivity contribution in [2.45, 2.75) is 144 Å². The van der Waals surface area contributed by atoms with E-state index in [9.17, 15) is 28.8 Å². The minimum atomic E-state index is -1.36. The van der Waals surface area contributed by atoms with E-state index in [1.807, 2.05) is 60.7 Å². The quantitative estimate of drug-likeness (QED) is 0.0382. The van der Waals surface area contributed by atoms with E-state index in [-0.39, 0.29) is 62.3 Å². The lowest BCUT2D eigenvalue weighted by Crippen LogP contribution is -2.46. The van der Waals surface area contributed by atoms with E-state index < -0.39 is 83.0 Å². The van der Waals surface area contributed by atoms with Crippen LogP contribution in [0.15, 0.2) is 97.1 Å². The molecule has 0 aliphatic heterocycles. The lowest BCUT2D eigenvalue weighted by Gasteiger charge is -2.26. The lowest BCUT2D eigenvalue weighted by molar-refractivity contribution is -0.164. The molecule has 73 heavy (non-hydrogen) atoms. The normalized spacial score (nSPS) is 12.5. The Morgan fingerprint density at radius 3 is 1.04 bits per heavy atom. The number of hydrogen-bond donors (Lipinski definition) is 2. The Kier molecular flexibility index (Phi) is 21.2. The topological polar surface area (TPSA) is 210 Å². The molecule has 0 aliphatic carbocycles. The lowest BCUT2D eigenvalue weighted by atomic mass is 10.1. The van der Waals surface area contributed by atoms with Crippen molar-refractivity contribution >= 4 is 35.7 Å². The van der Waals surface area contributed by atoms with Gasteiger partial charge in [-0.15, -0.1) is 0 Å². The number of esters is 4. The van der Waals surface area contributed by atoms with Crippen molar-refractivity contribution < 1.29 is 71.4 Å². The molecule has 2 amide bonds. The molecule has 0 fully saturated rings. The van der Waals surface area contributed by atoms with Crippen LogP contribution >= 0.6 is 0 Å². The van der Waals surface area contributed by atoms with E-state index in [0.717, 1.165) is 11.1 Å². The number of carbonyl (C=O) groups is 6. The van der Waals surface area contributed by atoms with Crippen LogP contribution in [0.5, 0.6) is 23.0 Å². The molecule has 0 aromatic heterocycles. The van der Waals surface area contributed by atoms with Gasteiger partial charge in [0.2, 0.25) is 0 Å². The van der Waals surface area contributed by atoms with Gasteiger partial charge in [-0.3, -0.25) is 19.2 Å². The van der Waals surface area contributed by atoms with Crippen LogP contribution < -0.4 is 29.6 Å². The summed E-state index contributed by atoms with van der Waals surface area (Å²) in [4.78, 5) is 79.9. The Balaban J connectivity index is 1.46. The fourth-order valence-corrected chi connectivity index (χ4v) is 6.47. The van der Waals surface area contributed by atoms with Crippen LogP contribution in [-0.4, -0.2) is 96.6 Å². The van der Waals surface area contributed by atoms with Crippen LogP contribution in [0.25, 0.3) is 0 Å². The average molecular weight is 1010 g/mol. The number of benzene rings is 4. The first-order chi connectivity index (χ1) is 34.1. The van der Waals surface area contributed by atoms with E-state index in [1.165, 1.54) is 24.3 Å². The maximum Gasteiger partial charge on any atom is 0.329 e. The zero-order valence-corrected chi connectivity index (χ0v) is 44.2. The minimum Gasteiger partial charge on any atom is -0.491 e. The van der Waals surface area contributed by atoms with Crippen molar-refractivity contribution in [3.05, 3.63) is 119 Å². The van der Waals surface area contributed by atoms with Gasteiger partial charge in [-0.1, -0.05) is 60.7 Å². The van der Waals surface area contributed by atoms with Gasteiger partial charge in [-0.2, -0.15) is 0 Å². The highest BCUT2D eigenvalue weighted by Gasteiger charge is 2.33. The number of nitrogens with one attached hydrogen (secondary N) is 2. The van der Waals surface area contributed by atoms with E-state index in [0.29, 0.717) is 11.5 Å². The van der Waals surface area contributed by atoms with Gasteiger partial charge in [0.1, 0.15) is 83.9 Å². The van der Waals surface area contributed by atoms with Crippen LogP contribution in [0.2, 0.25) is 0 Å². The third kappa shape index (κ3) is 23.3. The van der Waals surface area contributed by atoms with E-state index in [1.54, 1.807) is 95.2 Å². The second kappa shape index (κ2) is 26.5. The summed E-state index contributed by atoms with van der Waals surface area (Å²) in [7, 11) is 0. The second-order valence-corrected chi connectivity index (χ2v) is 20.9. The van der Waals surface area contributed by atoms with Gasteiger partial charge in [0, 0.05) is 23.3 Å². The van der Waals surface area contributed by atoms with Crippen molar-refractivity contribution in [1.29, 1.82) is 0 Å². The molecule has 17 nitrogen and oxygen atoms in total. The molecule has 0 bridgehead atoms. The fraction of sp³-hybridized carbons (Fsp3) is 0.464. The van der Waals surface area contributed by atoms with E-state index in [2.05, 4.69) is 10.6 Å². The highest BCUT2D eigenvalue weighted by atomic mass is 16.6. The molecule has 0 radical (unpaired) electrons. The maximum absolute atomic E-state index is 13.8. The van der Waals surface area contributed by atoms with Crippen LogP contribution in [0.4, 0.5) is 0 Å². The highest BCUT2D eigenvalue weighted by molar-refractivity contribution is 5.99. The van der Waals surface area contributed by atoms with Crippen molar-refractivity contribution in [2.75, 3.05) is 26.4 Å². The molecule has 2 N–H and O–H groups in total. The summed E-state index contributed by atoms with van der Waals surface area (Å²) >= 11 is 0. The Bertz CT molecular complexity index is 2290. The number of hydrogen-bond acceptors (Lipinski definition) is 15. The fourth-order valence-electron chi connectivity index (χ4n) is 6.47. The van der Waals surface area contributed by atoms with Crippen LogP contribution in [0.3, 0.4) is 0 Å². The minimum absolute atomic E-state index is 0.0393. The van der Waals surface area contributed by atoms with Crippen LogP contribution in [0, 0.1) is 0 Å². The molecule has 17 heteroatoms. The molecule has 0 aliphatic rings. The van der Waals surface area contributed by atoms with Gasteiger partial charge in [0.15, 0.2) is 0 Å². The molecule has 4 rings (SSSR count). The molecule has 0 saturated carbocycles. The summed E-state index contributed by atoms with van der Waals surface area (Å²) < 4.78 is 51.9. The van der Waals surface area contributed by atoms with Crippen molar-refractivity contribution in [1.82, 2.24) is 10.6 Å². The standard InChI is InChI=1S/C56H72N2O15/c1-53(2,3)70-47(59)33-45(51(63)72-55(7,8)9)57-49(61)39-27-41(31-43(29-39)68-35-37-19-15-13-16-20-37)66-25-23-65-24-26-67-42-28-40(30-44(32-42)69-36-38-21-17-14-18-22-38)50(62)58-46(52(64)73-56(10,11)12)34-48(60)71-54(4,5)6/h13-22,27-32,45-46H,23-26,33-36H2,1-12H3,(H,57,61)(H,58,62)/t45-,46-/m1/s1. The molecule has 0 heterocycles. The zero-order chi connectivity index (χ0) is 54.0. The molecule has 0 unspecified atom stereocenters. The van der Waals surface area contributed by atoms with Gasteiger partial charge in [0.05, 0.1) is 26.1 Å². The predicted octanol–water partition coefficient (Wildman–Crippen LogP) is 8.66. The number of carbonyl (C=O) groups excluding carboxylic acids is 6. The summed E-state index contributed by atoms with van der Waals surface area (Å²) in [6.45, 7) is 20.9. The van der Waals surface area contributed by atoms with E-state index >= 15 is 0 Å². The van der Waals surface area contributed by atoms with Gasteiger partial charge >= 0.3 is 23.9 Å². The summed E-state index contributed by atoms with van der Waals surface area (Å²) in [5.74, 6) is -3.29. The van der Waals surface area contributed by atoms with Crippen LogP contribution in [-0.2, 0) is 56.1 Å². The summed E-state index contributed by atoms with van der Waals surface area (Å²) in [5, 5.41) is 5.27. The molecular formula is C56H72N2O15. The van der Waals surface area contributed by atoms with Gasteiger partial charge in [-0.25, -0.2) is 9.59 Å². The van der Waals surface area contributed by atoms with Crippen molar-refractivity contribution in [3.63, 3.8) is 0 Å². The monoisotopic (exact) mass is 1010 g/mol. The number of ether oxygens (including phenoxy) is 9. The third-order valence-electron chi connectivity index (χ3n) is 9.35. The number of amides is 2. The molecule has 4 aromatic rings. The molecule has 4 aromatic carbocycles. The van der Waals surface area contributed by atoms with E-state index in [4.69, 9.17) is 42.6 Å². The van der Waals surface area contributed by atoms with Gasteiger partial charge in [0.25, 0.3) is 11.8 Å². The Labute approximate surface area is 428 Å². The predicted molar refractivity (Wildman–Crippen MR) is 271 cm³/mol. The average Bonchev–Trinajstić information content (AvgIpc) is 3.27. The Morgan fingerprint density at radius 1 is 0.411 bits per heavy atom. The van der Waals surface area contributed by atoms with Crippen molar-refractivity contribution in [3.8, 4) is 23.0 Å². The highest BCUT2D eigenvalue weighted by Crippen LogP contribution is 2.27. The van der Waals surface area contributed by atoms with Gasteiger partial charge in [-0.05, 0) is 118 Å². The smallest absolute Gasteiger partial charge is 0.329 e. The number of rotatable bonds is 24. The third-order valence-corrected chi connectivity index (χ3v) is 9.35. The first-order valence-corrected chi connectivity index (χ1v) is 24.1. The molecule has 396 valence electrons. The van der Waals surface area contributed by atoms with Crippen molar-refractivity contribution in [2.24, 2.45) is 0 Å². The van der Waals surface area contributed by atoms with Gasteiger partial charge < -0.3 is 53.3 Å². The summed E-state index contributed by atoms with van der Waals surface area (Å²) in [6, 6.07) is 25.3. The SMILES string of the molecule is CC(C)(C)OC(=O)C[C@@H](NC(=O)c1cc(OCCOCCOc2cc(OCc3ccccc3)cc(C(=O)N[C@H](CC(=O)OC(C)(C)C)C(=O)OC(C)(C)C)c2)cc(OCc2ccccc2)c1)C(=O)OC(C)(C)C. The molecule has 0 saturated heterocycles. The summed E-state index contributed by atoms with van der Waals surface area (Å²) in [6.07, 6.45) is -0.936.